The van der Waals surface area contributed by atoms with Crippen LogP contribution >= 0.6 is 0 Å². The number of esters is 1. The van der Waals surface area contributed by atoms with Crippen LogP contribution in [0, 0.1) is 0 Å². The molecule has 2 rings (SSSR count). The number of hydrogen-bond acceptors (Lipinski definition) is 5. The van der Waals surface area contributed by atoms with Gasteiger partial charge in [0.1, 0.15) is 12.6 Å². The number of nitrogens with two attached hydrogens (primary N) is 1. The summed E-state index contributed by atoms with van der Waals surface area (Å²) in [5.41, 5.74) is 6.81. The average molecular weight is 250 g/mol. The number of benzene rings is 1. The van der Waals surface area contributed by atoms with Crippen LogP contribution in [-0.2, 0) is 14.3 Å². The third kappa shape index (κ3) is 2.37. The summed E-state index contributed by atoms with van der Waals surface area (Å²) in [5, 5.41) is 8.95. The Kier molecular flexibility index (Phi) is 3.36. The van der Waals surface area contributed by atoms with Crippen molar-refractivity contribution in [2.45, 2.75) is 12.5 Å². The second kappa shape index (κ2) is 4.95. The maximum absolute atomic E-state index is 11.6. The predicted octanol–water partition coefficient (Wildman–Crippen LogP) is 0.475. The van der Waals surface area contributed by atoms with E-state index in [1.54, 1.807) is 24.3 Å². The summed E-state index contributed by atoms with van der Waals surface area (Å²) < 4.78 is 4.88. The van der Waals surface area contributed by atoms with Gasteiger partial charge >= 0.3 is 11.9 Å². The Bertz CT molecular complexity index is 475. The molecular formula is C12H14N2O4. The van der Waals surface area contributed by atoms with E-state index in [0.29, 0.717) is 24.4 Å². The van der Waals surface area contributed by atoms with Gasteiger partial charge in [-0.25, -0.2) is 4.79 Å². The zero-order chi connectivity index (χ0) is 13.1. The number of hydrogen-bond donors (Lipinski definition) is 2. The fourth-order valence-electron chi connectivity index (χ4n) is 2.03. The van der Waals surface area contributed by atoms with E-state index in [-0.39, 0.29) is 6.54 Å². The highest BCUT2D eigenvalue weighted by molar-refractivity contribution is 5.87. The van der Waals surface area contributed by atoms with Crippen LogP contribution in [-0.4, -0.2) is 36.2 Å². The fourth-order valence-corrected chi connectivity index (χ4v) is 2.03. The molecule has 1 aliphatic rings. The normalized spacial score (nSPS) is 18.4. The Labute approximate surface area is 104 Å². The van der Waals surface area contributed by atoms with E-state index in [2.05, 4.69) is 0 Å². The van der Waals surface area contributed by atoms with Crippen LogP contribution < -0.4 is 10.6 Å². The standard InChI is InChI=1S/C12H14N2O4/c13-8-3-1-2-4-9(8)14(7-11(15)16)10-5-6-18-12(10)17/h1-4,10H,5-7,13H2,(H,15,16). The zero-order valence-electron chi connectivity index (χ0n) is 9.70. The lowest BCUT2D eigenvalue weighted by molar-refractivity contribution is -0.139. The van der Waals surface area contributed by atoms with E-state index >= 15 is 0 Å². The Morgan fingerprint density at radius 2 is 2.22 bits per heavy atom. The number of aliphatic carboxylic acids is 1. The summed E-state index contributed by atoms with van der Waals surface area (Å²) in [7, 11) is 0. The highest BCUT2D eigenvalue weighted by atomic mass is 16.5. The average Bonchev–Trinajstić information content (AvgIpc) is 2.73. The maximum atomic E-state index is 11.6. The molecule has 0 radical (unpaired) electrons. The Morgan fingerprint density at radius 1 is 1.50 bits per heavy atom. The van der Waals surface area contributed by atoms with Crippen LogP contribution in [0.5, 0.6) is 0 Å². The number of carboxylic acids is 1. The first kappa shape index (κ1) is 12.2. The summed E-state index contributed by atoms with van der Waals surface area (Å²) in [4.78, 5) is 24.0. The largest absolute Gasteiger partial charge is 0.480 e. The van der Waals surface area contributed by atoms with Gasteiger partial charge in [0, 0.05) is 6.42 Å². The van der Waals surface area contributed by atoms with Gasteiger partial charge in [-0.3, -0.25) is 4.79 Å². The number of carbonyl (C=O) groups is 2. The van der Waals surface area contributed by atoms with Crippen LogP contribution in [0.15, 0.2) is 24.3 Å². The Hall–Kier alpha value is -2.24. The molecule has 0 saturated carbocycles. The van der Waals surface area contributed by atoms with Gasteiger partial charge in [-0.2, -0.15) is 0 Å². The molecule has 3 N–H and O–H groups in total. The smallest absolute Gasteiger partial charge is 0.328 e. The molecule has 0 aromatic heterocycles. The van der Waals surface area contributed by atoms with E-state index in [4.69, 9.17) is 15.6 Å². The SMILES string of the molecule is Nc1ccccc1N(CC(=O)O)C1CCOC1=O. The highest BCUT2D eigenvalue weighted by Gasteiger charge is 2.34. The second-order valence-corrected chi connectivity index (χ2v) is 4.05. The van der Waals surface area contributed by atoms with Gasteiger partial charge in [-0.15, -0.1) is 0 Å². The molecule has 6 heteroatoms. The molecule has 0 aliphatic carbocycles. The van der Waals surface area contributed by atoms with E-state index in [1.807, 2.05) is 0 Å². The molecule has 6 nitrogen and oxygen atoms in total. The van der Waals surface area contributed by atoms with Gasteiger partial charge in [0.2, 0.25) is 0 Å². The summed E-state index contributed by atoms with van der Waals surface area (Å²) >= 11 is 0. The van der Waals surface area contributed by atoms with Crippen LogP contribution in [0.4, 0.5) is 11.4 Å². The lowest BCUT2D eigenvalue weighted by Crippen LogP contribution is -2.42. The van der Waals surface area contributed by atoms with E-state index in [0.717, 1.165) is 0 Å². The van der Waals surface area contributed by atoms with E-state index in [9.17, 15) is 9.59 Å². The number of rotatable bonds is 4. The fraction of sp³-hybridized carbons (Fsp3) is 0.333. The molecule has 1 aliphatic heterocycles. The van der Waals surface area contributed by atoms with E-state index < -0.39 is 18.0 Å². The minimum Gasteiger partial charge on any atom is -0.480 e. The number of carbonyl (C=O) groups excluding carboxylic acids is 1. The number of cyclic esters (lactones) is 1. The van der Waals surface area contributed by atoms with Crippen molar-refractivity contribution in [2.75, 3.05) is 23.8 Å². The highest BCUT2D eigenvalue weighted by Crippen LogP contribution is 2.27. The number of ether oxygens (including phenoxy) is 1. The minimum absolute atomic E-state index is 0.284. The predicted molar refractivity (Wildman–Crippen MR) is 65.2 cm³/mol. The Morgan fingerprint density at radius 3 is 2.78 bits per heavy atom. The van der Waals surface area contributed by atoms with Gasteiger partial charge in [0.25, 0.3) is 0 Å². The Balaban J connectivity index is 2.33. The molecule has 1 atom stereocenters. The first-order valence-electron chi connectivity index (χ1n) is 5.59. The lowest BCUT2D eigenvalue weighted by atomic mass is 10.1. The van der Waals surface area contributed by atoms with Crippen LogP contribution in [0.1, 0.15) is 6.42 Å². The van der Waals surface area contributed by atoms with Crippen LogP contribution in [0.25, 0.3) is 0 Å². The molecule has 1 unspecified atom stereocenters. The van der Waals surface area contributed by atoms with E-state index in [1.165, 1.54) is 4.90 Å². The monoisotopic (exact) mass is 250 g/mol. The molecule has 1 saturated heterocycles. The number of carboxylic acid groups (broad SMARTS) is 1. The summed E-state index contributed by atoms with van der Waals surface area (Å²) in [5.74, 6) is -1.42. The second-order valence-electron chi connectivity index (χ2n) is 4.05. The topological polar surface area (TPSA) is 92.9 Å². The van der Waals surface area contributed by atoms with Crippen molar-refractivity contribution in [1.82, 2.24) is 0 Å². The van der Waals surface area contributed by atoms with Crippen LogP contribution in [0.2, 0.25) is 0 Å². The van der Waals surface area contributed by atoms with Gasteiger partial charge in [0.05, 0.1) is 18.0 Å². The molecule has 1 aromatic rings. The summed E-state index contributed by atoms with van der Waals surface area (Å²) in [6, 6.07) is 6.30. The van der Waals surface area contributed by atoms with Crippen molar-refractivity contribution in [2.24, 2.45) is 0 Å². The zero-order valence-corrected chi connectivity index (χ0v) is 9.70. The molecule has 1 heterocycles. The van der Waals surface area contributed by atoms with Crippen molar-refractivity contribution in [3.8, 4) is 0 Å². The lowest BCUT2D eigenvalue weighted by Gasteiger charge is -2.27. The third-order valence-electron chi connectivity index (χ3n) is 2.84. The molecule has 18 heavy (non-hydrogen) atoms. The molecule has 1 fully saturated rings. The summed E-state index contributed by atoms with van der Waals surface area (Å²) in [6.45, 7) is 0.0281. The molecular weight excluding hydrogens is 236 g/mol. The van der Waals surface area contributed by atoms with Crippen LogP contribution in [0.3, 0.4) is 0 Å². The van der Waals surface area contributed by atoms with Crippen molar-refractivity contribution < 1.29 is 19.4 Å². The molecule has 0 amide bonds. The van der Waals surface area contributed by atoms with Gasteiger partial charge < -0.3 is 20.5 Å². The van der Waals surface area contributed by atoms with Crippen molar-refractivity contribution in [3.63, 3.8) is 0 Å². The number of anilines is 2. The van der Waals surface area contributed by atoms with Gasteiger partial charge in [-0.05, 0) is 12.1 Å². The molecule has 0 spiro atoms. The quantitative estimate of drug-likeness (QED) is 0.596. The van der Waals surface area contributed by atoms with Gasteiger partial charge in [-0.1, -0.05) is 12.1 Å². The molecule has 1 aromatic carbocycles. The first-order chi connectivity index (χ1) is 8.59. The minimum atomic E-state index is -1.02. The third-order valence-corrected chi connectivity index (χ3v) is 2.84. The first-order valence-corrected chi connectivity index (χ1v) is 5.59. The number of para-hydroxylation sites is 2. The van der Waals surface area contributed by atoms with Crippen molar-refractivity contribution in [1.29, 1.82) is 0 Å². The molecule has 0 bridgehead atoms. The number of nitrogens with zero attached hydrogens (tertiary/aromatic N) is 1. The van der Waals surface area contributed by atoms with Gasteiger partial charge in [0.15, 0.2) is 0 Å². The molecule has 96 valence electrons. The maximum Gasteiger partial charge on any atom is 0.328 e. The number of nitrogen functional groups attached to an aromatic ring is 1. The van der Waals surface area contributed by atoms with Crippen molar-refractivity contribution in [3.05, 3.63) is 24.3 Å². The van der Waals surface area contributed by atoms with Crippen molar-refractivity contribution >= 4 is 23.3 Å². The summed E-state index contributed by atoms with van der Waals surface area (Å²) in [6.07, 6.45) is 0.473.